The number of sulfonamides is 1. The molecule has 0 saturated heterocycles. The highest BCUT2D eigenvalue weighted by molar-refractivity contribution is 7.88. The van der Waals surface area contributed by atoms with Gasteiger partial charge in [-0.15, -0.1) is 6.58 Å². The van der Waals surface area contributed by atoms with Crippen molar-refractivity contribution < 1.29 is 13.2 Å². The van der Waals surface area contributed by atoms with Gasteiger partial charge in [0.1, 0.15) is 0 Å². The molecule has 0 aliphatic rings. The topological polar surface area (TPSA) is 66.5 Å². The molecule has 0 aromatic heterocycles. The second-order valence-corrected chi connectivity index (χ2v) is 6.53. The van der Waals surface area contributed by atoms with Crippen LogP contribution in [0.4, 0.5) is 0 Å². The summed E-state index contributed by atoms with van der Waals surface area (Å²) in [7, 11) is -3.42. The van der Waals surface area contributed by atoms with Crippen LogP contribution in [0.3, 0.4) is 0 Å². The lowest BCUT2D eigenvalue weighted by molar-refractivity contribution is -0.121. The number of carbonyl (C=O) groups excluding carboxylic acids is 1. The van der Waals surface area contributed by atoms with Crippen molar-refractivity contribution >= 4 is 15.9 Å². The lowest BCUT2D eigenvalue weighted by atomic mass is 10.1. The average Bonchev–Trinajstić information content (AvgIpc) is 2.38. The maximum absolute atomic E-state index is 11.9. The first-order chi connectivity index (χ1) is 9.34. The lowest BCUT2D eigenvalue weighted by Gasteiger charge is -2.20. The molecule has 1 atom stereocenters. The molecule has 1 aromatic rings. The summed E-state index contributed by atoms with van der Waals surface area (Å²) in [6.45, 7) is 5.26. The number of benzene rings is 1. The SMILES string of the molecule is C=CCN(CC(=O)NC(C)c1ccccc1)S(C)(=O)=O. The van der Waals surface area contributed by atoms with E-state index in [1.54, 1.807) is 0 Å². The largest absolute Gasteiger partial charge is 0.348 e. The molecule has 110 valence electrons. The van der Waals surface area contributed by atoms with Gasteiger partial charge in [0, 0.05) is 6.54 Å². The van der Waals surface area contributed by atoms with E-state index in [9.17, 15) is 13.2 Å². The van der Waals surface area contributed by atoms with E-state index < -0.39 is 10.0 Å². The summed E-state index contributed by atoms with van der Waals surface area (Å²) in [5.74, 6) is -0.339. The van der Waals surface area contributed by atoms with E-state index in [1.807, 2.05) is 37.3 Å². The number of carbonyl (C=O) groups is 1. The number of nitrogens with one attached hydrogen (secondary N) is 1. The van der Waals surface area contributed by atoms with Gasteiger partial charge in [0.05, 0.1) is 18.8 Å². The summed E-state index contributed by atoms with van der Waals surface area (Å²) in [5.41, 5.74) is 0.968. The van der Waals surface area contributed by atoms with Crippen LogP contribution < -0.4 is 5.32 Å². The molecule has 1 aromatic carbocycles. The van der Waals surface area contributed by atoms with E-state index >= 15 is 0 Å². The second kappa shape index (κ2) is 7.21. The minimum Gasteiger partial charge on any atom is -0.348 e. The van der Waals surface area contributed by atoms with Crippen LogP contribution in [0.25, 0.3) is 0 Å². The van der Waals surface area contributed by atoms with Gasteiger partial charge in [-0.1, -0.05) is 36.4 Å². The van der Waals surface area contributed by atoms with Crippen LogP contribution in [0, 0.1) is 0 Å². The van der Waals surface area contributed by atoms with E-state index in [2.05, 4.69) is 11.9 Å². The highest BCUT2D eigenvalue weighted by Gasteiger charge is 2.19. The molecule has 1 N–H and O–H groups in total. The molecule has 0 spiro atoms. The predicted molar refractivity (Wildman–Crippen MR) is 79.6 cm³/mol. The third kappa shape index (κ3) is 5.14. The van der Waals surface area contributed by atoms with Crippen molar-refractivity contribution in [2.75, 3.05) is 19.3 Å². The van der Waals surface area contributed by atoms with Crippen molar-refractivity contribution in [1.29, 1.82) is 0 Å². The fourth-order valence-electron chi connectivity index (χ4n) is 1.73. The van der Waals surface area contributed by atoms with Crippen molar-refractivity contribution in [3.63, 3.8) is 0 Å². The van der Waals surface area contributed by atoms with E-state index in [1.165, 1.54) is 6.08 Å². The Morgan fingerprint density at radius 1 is 1.40 bits per heavy atom. The van der Waals surface area contributed by atoms with Gasteiger partial charge in [0.25, 0.3) is 0 Å². The Hall–Kier alpha value is -1.66. The van der Waals surface area contributed by atoms with Gasteiger partial charge in [0.15, 0.2) is 0 Å². The number of nitrogens with zero attached hydrogens (tertiary/aromatic N) is 1. The molecule has 1 amide bonds. The monoisotopic (exact) mass is 296 g/mol. The van der Waals surface area contributed by atoms with Gasteiger partial charge in [0.2, 0.25) is 15.9 Å². The Kier molecular flexibility index (Phi) is 5.91. The van der Waals surface area contributed by atoms with Crippen molar-refractivity contribution in [2.24, 2.45) is 0 Å². The third-order valence-electron chi connectivity index (χ3n) is 2.80. The second-order valence-electron chi connectivity index (χ2n) is 4.54. The summed E-state index contributed by atoms with van der Waals surface area (Å²) in [5, 5.41) is 2.78. The van der Waals surface area contributed by atoms with E-state index in [0.717, 1.165) is 16.1 Å². The summed E-state index contributed by atoms with van der Waals surface area (Å²) in [6, 6.07) is 9.31. The zero-order chi connectivity index (χ0) is 15.2. The Morgan fingerprint density at radius 3 is 2.50 bits per heavy atom. The van der Waals surface area contributed by atoms with E-state index in [4.69, 9.17) is 0 Å². The number of amides is 1. The molecule has 5 nitrogen and oxygen atoms in total. The predicted octanol–water partition coefficient (Wildman–Crippen LogP) is 1.31. The highest BCUT2D eigenvalue weighted by atomic mass is 32.2. The van der Waals surface area contributed by atoms with Gasteiger partial charge in [-0.25, -0.2) is 8.42 Å². The van der Waals surface area contributed by atoms with Crippen molar-refractivity contribution in [3.8, 4) is 0 Å². The zero-order valence-corrected chi connectivity index (χ0v) is 12.6. The quantitative estimate of drug-likeness (QED) is 0.772. The first kappa shape index (κ1) is 16.4. The Morgan fingerprint density at radius 2 is 2.00 bits per heavy atom. The van der Waals surface area contributed by atoms with Crippen LogP contribution in [-0.2, 0) is 14.8 Å². The maximum atomic E-state index is 11.9. The smallest absolute Gasteiger partial charge is 0.235 e. The molecule has 20 heavy (non-hydrogen) atoms. The van der Waals surface area contributed by atoms with Gasteiger partial charge < -0.3 is 5.32 Å². The molecule has 0 aliphatic heterocycles. The first-order valence-corrected chi connectivity index (χ1v) is 8.09. The molecule has 0 bridgehead atoms. The fourth-order valence-corrected chi connectivity index (χ4v) is 2.46. The van der Waals surface area contributed by atoms with Crippen molar-refractivity contribution in [1.82, 2.24) is 9.62 Å². The minimum atomic E-state index is -3.42. The van der Waals surface area contributed by atoms with Crippen LogP contribution in [0.5, 0.6) is 0 Å². The number of hydrogen-bond acceptors (Lipinski definition) is 3. The van der Waals surface area contributed by atoms with E-state index in [-0.39, 0.29) is 25.0 Å². The zero-order valence-electron chi connectivity index (χ0n) is 11.7. The Balaban J connectivity index is 2.65. The average molecular weight is 296 g/mol. The van der Waals surface area contributed by atoms with Gasteiger partial charge in [-0.05, 0) is 12.5 Å². The van der Waals surface area contributed by atoms with Crippen LogP contribution in [0.2, 0.25) is 0 Å². The van der Waals surface area contributed by atoms with Gasteiger partial charge >= 0.3 is 0 Å². The summed E-state index contributed by atoms with van der Waals surface area (Å²) in [4.78, 5) is 11.9. The molecule has 0 heterocycles. The molecule has 0 radical (unpaired) electrons. The highest BCUT2D eigenvalue weighted by Crippen LogP contribution is 2.11. The molecule has 1 unspecified atom stereocenters. The van der Waals surface area contributed by atoms with Crippen LogP contribution >= 0.6 is 0 Å². The molecule has 6 heteroatoms. The normalized spacial score (nSPS) is 12.9. The lowest BCUT2D eigenvalue weighted by Crippen LogP contribution is -2.41. The Bertz CT molecular complexity index is 555. The minimum absolute atomic E-state index is 0.117. The van der Waals surface area contributed by atoms with Gasteiger partial charge in [-0.2, -0.15) is 4.31 Å². The molecular weight excluding hydrogens is 276 g/mol. The van der Waals surface area contributed by atoms with Crippen LogP contribution in [0.1, 0.15) is 18.5 Å². The first-order valence-electron chi connectivity index (χ1n) is 6.25. The summed E-state index contributed by atoms with van der Waals surface area (Å²) < 4.78 is 24.1. The van der Waals surface area contributed by atoms with Gasteiger partial charge in [-0.3, -0.25) is 4.79 Å². The fraction of sp³-hybridized carbons (Fsp3) is 0.357. The summed E-state index contributed by atoms with van der Waals surface area (Å²) >= 11 is 0. The third-order valence-corrected chi connectivity index (χ3v) is 4.01. The molecule has 1 rings (SSSR count). The van der Waals surface area contributed by atoms with Crippen molar-refractivity contribution in [2.45, 2.75) is 13.0 Å². The number of rotatable bonds is 7. The van der Waals surface area contributed by atoms with Crippen LogP contribution in [0.15, 0.2) is 43.0 Å². The summed E-state index contributed by atoms with van der Waals surface area (Å²) in [6.07, 6.45) is 2.53. The maximum Gasteiger partial charge on any atom is 0.235 e. The van der Waals surface area contributed by atoms with Crippen molar-refractivity contribution in [3.05, 3.63) is 48.6 Å². The van der Waals surface area contributed by atoms with Crippen LogP contribution in [-0.4, -0.2) is 38.0 Å². The molecule has 0 aliphatic carbocycles. The Labute approximate surface area is 120 Å². The molecule has 0 saturated carbocycles. The van der Waals surface area contributed by atoms with E-state index in [0.29, 0.717) is 0 Å². The molecule has 0 fully saturated rings. The number of hydrogen-bond donors (Lipinski definition) is 1. The molecular formula is C14H20N2O3S. The standard InChI is InChI=1S/C14H20N2O3S/c1-4-10-16(20(3,18)19)11-14(17)15-12(2)13-8-6-5-7-9-13/h4-9,12H,1,10-11H2,2-3H3,(H,15,17).